The normalized spacial score (nSPS) is 15.8. The highest BCUT2D eigenvalue weighted by Crippen LogP contribution is 1.94. The van der Waals surface area contributed by atoms with E-state index in [4.69, 9.17) is 0 Å². The fourth-order valence-electron chi connectivity index (χ4n) is 0.846. The molecule has 1 unspecified atom stereocenters. The second-order valence-electron chi connectivity index (χ2n) is 2.47. The summed E-state index contributed by atoms with van der Waals surface area (Å²) in [7, 11) is 1.95. The fraction of sp³-hybridized carbons (Fsp3) is 0.667. The summed E-state index contributed by atoms with van der Waals surface area (Å²) in [5.74, 6) is 0. The second kappa shape index (κ2) is 6.10. The first-order valence-corrected chi connectivity index (χ1v) is 4.11. The molecule has 2 nitrogen and oxygen atoms in total. The van der Waals surface area contributed by atoms with E-state index in [-0.39, 0.29) is 0 Å². The van der Waals surface area contributed by atoms with Gasteiger partial charge in [0, 0.05) is 18.0 Å². The standard InChI is InChI=1S/C9H18N2/c1-5-7-11-9(6-2)8(3)10-4/h5,7-8,10H,6H2,1-4H3/b7-5-,11-9?. The molecule has 0 bridgehead atoms. The van der Waals surface area contributed by atoms with Gasteiger partial charge in [0.25, 0.3) is 0 Å². The van der Waals surface area contributed by atoms with Crippen LogP contribution in [0.15, 0.2) is 17.3 Å². The third-order valence-corrected chi connectivity index (χ3v) is 1.68. The molecule has 0 amide bonds. The van der Waals surface area contributed by atoms with E-state index in [0.717, 1.165) is 6.42 Å². The summed E-state index contributed by atoms with van der Waals surface area (Å²) >= 11 is 0. The lowest BCUT2D eigenvalue weighted by atomic mass is 10.1. The van der Waals surface area contributed by atoms with Gasteiger partial charge in [-0.05, 0) is 27.3 Å². The van der Waals surface area contributed by atoms with Crippen molar-refractivity contribution in [3.8, 4) is 0 Å². The lowest BCUT2D eigenvalue weighted by molar-refractivity contribution is 0.750. The number of hydrogen-bond donors (Lipinski definition) is 1. The van der Waals surface area contributed by atoms with E-state index in [9.17, 15) is 0 Å². The number of hydrogen-bond acceptors (Lipinski definition) is 2. The quantitative estimate of drug-likeness (QED) is 0.615. The molecule has 0 saturated carbocycles. The maximum atomic E-state index is 4.31. The van der Waals surface area contributed by atoms with Crippen LogP contribution < -0.4 is 5.32 Å². The van der Waals surface area contributed by atoms with E-state index >= 15 is 0 Å². The molecule has 0 aromatic rings. The van der Waals surface area contributed by atoms with Crippen LogP contribution in [0.1, 0.15) is 27.2 Å². The molecule has 0 spiro atoms. The molecule has 0 heterocycles. The van der Waals surface area contributed by atoms with Gasteiger partial charge in [0.2, 0.25) is 0 Å². The lowest BCUT2D eigenvalue weighted by Gasteiger charge is -2.10. The molecule has 11 heavy (non-hydrogen) atoms. The van der Waals surface area contributed by atoms with Crippen LogP contribution in [0.2, 0.25) is 0 Å². The van der Waals surface area contributed by atoms with Crippen molar-refractivity contribution >= 4 is 5.71 Å². The summed E-state index contributed by atoms with van der Waals surface area (Å²) in [6.45, 7) is 6.21. The van der Waals surface area contributed by atoms with E-state index in [0.29, 0.717) is 6.04 Å². The Morgan fingerprint density at radius 3 is 2.64 bits per heavy atom. The van der Waals surface area contributed by atoms with Crippen molar-refractivity contribution in [3.05, 3.63) is 12.3 Å². The molecule has 0 aliphatic rings. The van der Waals surface area contributed by atoms with E-state index in [2.05, 4.69) is 24.2 Å². The third-order valence-electron chi connectivity index (χ3n) is 1.68. The van der Waals surface area contributed by atoms with E-state index in [1.807, 2.05) is 26.2 Å². The molecule has 1 atom stereocenters. The van der Waals surface area contributed by atoms with Crippen molar-refractivity contribution in [1.29, 1.82) is 0 Å². The van der Waals surface area contributed by atoms with Crippen molar-refractivity contribution in [2.45, 2.75) is 33.2 Å². The number of rotatable bonds is 4. The topological polar surface area (TPSA) is 24.4 Å². The minimum Gasteiger partial charge on any atom is -0.312 e. The van der Waals surface area contributed by atoms with Gasteiger partial charge in [-0.2, -0.15) is 0 Å². The van der Waals surface area contributed by atoms with Crippen LogP contribution in [0.3, 0.4) is 0 Å². The maximum absolute atomic E-state index is 4.31. The van der Waals surface area contributed by atoms with Gasteiger partial charge in [0.1, 0.15) is 0 Å². The molecule has 64 valence electrons. The van der Waals surface area contributed by atoms with Crippen LogP contribution in [0.4, 0.5) is 0 Å². The molecule has 0 aliphatic heterocycles. The Morgan fingerprint density at radius 2 is 2.27 bits per heavy atom. The Labute approximate surface area is 69.4 Å². The van der Waals surface area contributed by atoms with Gasteiger partial charge in [-0.3, -0.25) is 4.99 Å². The Morgan fingerprint density at radius 1 is 1.64 bits per heavy atom. The Hall–Kier alpha value is -0.630. The molecule has 0 fully saturated rings. The lowest BCUT2D eigenvalue weighted by Crippen LogP contribution is -2.30. The van der Waals surface area contributed by atoms with Crippen molar-refractivity contribution in [1.82, 2.24) is 5.32 Å². The smallest absolute Gasteiger partial charge is 0.0424 e. The maximum Gasteiger partial charge on any atom is 0.0424 e. The highest BCUT2D eigenvalue weighted by molar-refractivity contribution is 5.89. The zero-order chi connectivity index (χ0) is 8.69. The Kier molecular flexibility index (Phi) is 5.75. The minimum absolute atomic E-state index is 0.385. The summed E-state index contributed by atoms with van der Waals surface area (Å²) in [6.07, 6.45) is 4.79. The minimum atomic E-state index is 0.385. The van der Waals surface area contributed by atoms with Crippen LogP contribution in [0.5, 0.6) is 0 Å². The first-order chi connectivity index (χ1) is 5.26. The van der Waals surface area contributed by atoms with Gasteiger partial charge in [-0.25, -0.2) is 0 Å². The first-order valence-electron chi connectivity index (χ1n) is 4.11. The third kappa shape index (κ3) is 3.94. The molecule has 1 N–H and O–H groups in total. The average molecular weight is 154 g/mol. The number of aliphatic imine (C=N–C) groups is 1. The van der Waals surface area contributed by atoms with E-state index in [1.165, 1.54) is 5.71 Å². The predicted octanol–water partition coefficient (Wildman–Crippen LogP) is 1.98. The Bertz CT molecular complexity index is 148. The summed E-state index contributed by atoms with van der Waals surface area (Å²) < 4.78 is 0. The van der Waals surface area contributed by atoms with Gasteiger partial charge in [0.05, 0.1) is 0 Å². The highest BCUT2D eigenvalue weighted by atomic mass is 14.9. The van der Waals surface area contributed by atoms with E-state index < -0.39 is 0 Å². The summed E-state index contributed by atoms with van der Waals surface area (Å²) in [4.78, 5) is 4.31. The predicted molar refractivity (Wildman–Crippen MR) is 51.1 cm³/mol. The van der Waals surface area contributed by atoms with Crippen molar-refractivity contribution < 1.29 is 0 Å². The molecule has 0 aliphatic carbocycles. The summed E-state index contributed by atoms with van der Waals surface area (Å²) in [6, 6.07) is 0.385. The van der Waals surface area contributed by atoms with Gasteiger partial charge in [-0.1, -0.05) is 13.0 Å². The molecule has 0 aromatic heterocycles. The molecule has 0 rings (SSSR count). The fourth-order valence-corrected chi connectivity index (χ4v) is 0.846. The second-order valence-corrected chi connectivity index (χ2v) is 2.47. The number of nitrogens with one attached hydrogen (secondary N) is 1. The van der Waals surface area contributed by atoms with Crippen molar-refractivity contribution in [2.75, 3.05) is 7.05 Å². The molecule has 0 saturated heterocycles. The van der Waals surface area contributed by atoms with Crippen LogP contribution in [0.25, 0.3) is 0 Å². The van der Waals surface area contributed by atoms with Crippen molar-refractivity contribution in [3.63, 3.8) is 0 Å². The summed E-state index contributed by atoms with van der Waals surface area (Å²) in [5.41, 5.74) is 1.20. The van der Waals surface area contributed by atoms with Crippen LogP contribution >= 0.6 is 0 Å². The molecule has 2 heteroatoms. The van der Waals surface area contributed by atoms with Gasteiger partial charge in [0.15, 0.2) is 0 Å². The van der Waals surface area contributed by atoms with Crippen LogP contribution in [-0.4, -0.2) is 18.8 Å². The zero-order valence-corrected chi connectivity index (χ0v) is 7.89. The van der Waals surface area contributed by atoms with E-state index in [1.54, 1.807) is 0 Å². The molecular weight excluding hydrogens is 136 g/mol. The van der Waals surface area contributed by atoms with Gasteiger partial charge < -0.3 is 5.32 Å². The van der Waals surface area contributed by atoms with Gasteiger partial charge >= 0.3 is 0 Å². The largest absolute Gasteiger partial charge is 0.312 e. The number of allylic oxidation sites excluding steroid dienone is 1. The zero-order valence-electron chi connectivity index (χ0n) is 7.89. The SMILES string of the molecule is C/C=C\N=C(CC)C(C)NC. The molecule has 0 radical (unpaired) electrons. The van der Waals surface area contributed by atoms with Gasteiger partial charge in [-0.15, -0.1) is 0 Å². The Balaban J connectivity index is 4.13. The van der Waals surface area contributed by atoms with Crippen LogP contribution in [0, 0.1) is 0 Å². The van der Waals surface area contributed by atoms with Crippen LogP contribution in [-0.2, 0) is 0 Å². The first kappa shape index (κ1) is 10.4. The average Bonchev–Trinajstić information content (AvgIpc) is 2.05. The molecule has 0 aromatic carbocycles. The van der Waals surface area contributed by atoms with Crippen molar-refractivity contribution in [2.24, 2.45) is 4.99 Å². The highest BCUT2D eigenvalue weighted by Gasteiger charge is 2.03. The summed E-state index contributed by atoms with van der Waals surface area (Å²) in [5, 5.41) is 3.16. The monoisotopic (exact) mass is 154 g/mol. The molecular formula is C9H18N2. The number of nitrogens with zero attached hydrogens (tertiary/aromatic N) is 1.